The van der Waals surface area contributed by atoms with E-state index in [1.807, 2.05) is 48.5 Å². The zero-order valence-electron chi connectivity index (χ0n) is 19.5. The number of hydrogen-bond acceptors (Lipinski definition) is 7. The van der Waals surface area contributed by atoms with Crippen LogP contribution in [0.3, 0.4) is 0 Å². The zero-order valence-corrected chi connectivity index (χ0v) is 19.5. The van der Waals surface area contributed by atoms with E-state index in [2.05, 4.69) is 11.1 Å². The molecule has 8 nitrogen and oxygen atoms in total. The Hall–Kier alpha value is -2.31. The third-order valence-corrected chi connectivity index (χ3v) is 5.92. The molecule has 0 spiro atoms. The highest BCUT2D eigenvalue weighted by molar-refractivity contribution is 6.62. The molecule has 3 heterocycles. The molecule has 0 saturated carbocycles. The molecule has 1 aromatic rings. The fourth-order valence-corrected chi connectivity index (χ4v) is 3.43. The van der Waals surface area contributed by atoms with E-state index >= 15 is 0 Å². The summed E-state index contributed by atoms with van der Waals surface area (Å²) in [7, 11) is -0.668. The quantitative estimate of drug-likeness (QED) is 0.682. The number of nitrogens with zero attached hydrogens (tertiary/aromatic N) is 3. The molecule has 2 saturated heterocycles. The highest BCUT2D eigenvalue weighted by Crippen LogP contribution is 2.36. The van der Waals surface area contributed by atoms with Gasteiger partial charge in [-0.2, -0.15) is 5.26 Å². The normalized spacial score (nSPS) is 21.0. The number of aromatic nitrogens is 1. The fraction of sp³-hybridized carbons (Fsp3) is 0.682. The Kier molecular flexibility index (Phi) is 6.27. The van der Waals surface area contributed by atoms with E-state index in [4.69, 9.17) is 18.8 Å². The number of nitriles is 1. The topological polar surface area (TPSA) is 93.9 Å². The molecule has 2 fully saturated rings. The molecule has 1 aromatic heterocycles. The van der Waals surface area contributed by atoms with Crippen molar-refractivity contribution < 1.29 is 23.6 Å². The Morgan fingerprint density at radius 3 is 2.32 bits per heavy atom. The van der Waals surface area contributed by atoms with E-state index in [1.54, 1.807) is 11.0 Å². The lowest BCUT2D eigenvalue weighted by molar-refractivity contribution is 0.00578. The second-order valence-corrected chi connectivity index (χ2v) is 10.1. The van der Waals surface area contributed by atoms with Crippen LogP contribution in [-0.4, -0.2) is 59.1 Å². The predicted molar refractivity (Wildman–Crippen MR) is 116 cm³/mol. The van der Waals surface area contributed by atoms with Gasteiger partial charge in [0.15, 0.2) is 0 Å². The maximum absolute atomic E-state index is 12.2. The summed E-state index contributed by atoms with van der Waals surface area (Å²) in [5.41, 5.74) is -0.532. The van der Waals surface area contributed by atoms with E-state index < -0.39 is 23.9 Å². The van der Waals surface area contributed by atoms with Crippen molar-refractivity contribution in [2.24, 2.45) is 0 Å². The molecule has 168 valence electrons. The van der Waals surface area contributed by atoms with Gasteiger partial charge in [-0.05, 0) is 48.5 Å². The van der Waals surface area contributed by atoms with Crippen molar-refractivity contribution in [2.45, 2.75) is 84.2 Å². The van der Waals surface area contributed by atoms with Gasteiger partial charge in [0.1, 0.15) is 17.8 Å². The molecule has 0 unspecified atom stereocenters. The molecule has 3 rings (SSSR count). The Balaban J connectivity index is 1.66. The summed E-state index contributed by atoms with van der Waals surface area (Å²) < 4.78 is 23.7. The molecular weight excluding hydrogens is 397 g/mol. The number of carbonyl (C=O) groups is 1. The highest BCUT2D eigenvalue weighted by atomic mass is 16.7. The van der Waals surface area contributed by atoms with Crippen LogP contribution in [0.2, 0.25) is 0 Å². The van der Waals surface area contributed by atoms with Crippen molar-refractivity contribution in [2.75, 3.05) is 13.1 Å². The molecule has 0 radical (unpaired) electrons. The minimum Gasteiger partial charge on any atom is -0.474 e. The van der Waals surface area contributed by atoms with Crippen LogP contribution in [0.15, 0.2) is 12.3 Å². The largest absolute Gasteiger partial charge is 0.496 e. The summed E-state index contributed by atoms with van der Waals surface area (Å²) in [6, 6.07) is 3.88. The first-order valence-corrected chi connectivity index (χ1v) is 10.7. The van der Waals surface area contributed by atoms with Crippen molar-refractivity contribution >= 4 is 18.7 Å². The number of amides is 1. The van der Waals surface area contributed by atoms with Crippen LogP contribution in [0, 0.1) is 11.3 Å². The van der Waals surface area contributed by atoms with Gasteiger partial charge in [0.2, 0.25) is 5.88 Å². The predicted octanol–water partition coefficient (Wildman–Crippen LogP) is 3.03. The number of likely N-dealkylation sites (tertiary alicyclic amines) is 1. The van der Waals surface area contributed by atoms with Gasteiger partial charge in [0.05, 0.1) is 16.8 Å². The summed E-state index contributed by atoms with van der Waals surface area (Å²) in [5.74, 6) is 0.416. The third kappa shape index (κ3) is 5.31. The standard InChI is InChI=1S/C22H32BN3O5/c1-20(2,3)29-19(27)26-10-8-16(9-11-26)28-18-12-17(15(13-24)14-25-18)23-30-21(4,5)22(6,7)31-23/h12,14,16H,8-11H2,1-7H3. The van der Waals surface area contributed by atoms with Crippen LogP contribution in [-0.2, 0) is 14.0 Å². The second-order valence-electron chi connectivity index (χ2n) is 10.1. The van der Waals surface area contributed by atoms with Crippen LogP contribution in [0.1, 0.15) is 66.9 Å². The van der Waals surface area contributed by atoms with Gasteiger partial charge in [-0.3, -0.25) is 0 Å². The lowest BCUT2D eigenvalue weighted by Crippen LogP contribution is -2.44. The zero-order chi connectivity index (χ0) is 23.0. The van der Waals surface area contributed by atoms with E-state index in [1.165, 1.54) is 6.20 Å². The lowest BCUT2D eigenvalue weighted by Gasteiger charge is -2.33. The number of rotatable bonds is 3. The van der Waals surface area contributed by atoms with Gasteiger partial charge in [-0.25, -0.2) is 9.78 Å². The Morgan fingerprint density at radius 1 is 1.23 bits per heavy atom. The first-order valence-electron chi connectivity index (χ1n) is 10.7. The van der Waals surface area contributed by atoms with Crippen molar-refractivity contribution in [3.63, 3.8) is 0 Å². The average Bonchev–Trinajstić information content (AvgIpc) is 2.88. The Morgan fingerprint density at radius 2 is 1.81 bits per heavy atom. The molecule has 0 bridgehead atoms. The van der Waals surface area contributed by atoms with Crippen LogP contribution in [0.25, 0.3) is 0 Å². The first-order chi connectivity index (χ1) is 14.3. The fourth-order valence-electron chi connectivity index (χ4n) is 3.43. The highest BCUT2D eigenvalue weighted by Gasteiger charge is 2.52. The van der Waals surface area contributed by atoms with E-state index in [0.29, 0.717) is 42.8 Å². The summed E-state index contributed by atoms with van der Waals surface area (Å²) >= 11 is 0. The van der Waals surface area contributed by atoms with Crippen molar-refractivity contribution in [3.05, 3.63) is 17.8 Å². The molecule has 0 aliphatic carbocycles. The van der Waals surface area contributed by atoms with Crippen molar-refractivity contribution in [1.82, 2.24) is 9.88 Å². The third-order valence-electron chi connectivity index (χ3n) is 5.92. The molecule has 2 aliphatic rings. The summed E-state index contributed by atoms with van der Waals surface area (Å²) in [4.78, 5) is 18.2. The summed E-state index contributed by atoms with van der Waals surface area (Å²) in [6.07, 6.45) is 2.46. The van der Waals surface area contributed by atoms with Gasteiger partial charge in [0.25, 0.3) is 0 Å². The van der Waals surface area contributed by atoms with Crippen LogP contribution in [0.4, 0.5) is 4.79 Å². The first kappa shape index (κ1) is 23.4. The average molecular weight is 429 g/mol. The Labute approximate surface area is 185 Å². The number of carbonyl (C=O) groups excluding carboxylic acids is 1. The van der Waals surface area contributed by atoms with E-state index in [-0.39, 0.29) is 12.2 Å². The molecular formula is C22H32BN3O5. The summed E-state index contributed by atoms with van der Waals surface area (Å²) in [5, 5.41) is 9.52. The van der Waals surface area contributed by atoms with Crippen molar-refractivity contribution in [3.8, 4) is 11.9 Å². The minimum absolute atomic E-state index is 0.0785. The number of hydrogen-bond donors (Lipinski definition) is 0. The number of pyridine rings is 1. The Bertz CT molecular complexity index is 851. The van der Waals surface area contributed by atoms with Gasteiger partial charge in [-0.1, -0.05) is 0 Å². The molecule has 31 heavy (non-hydrogen) atoms. The van der Waals surface area contributed by atoms with E-state index in [0.717, 1.165) is 0 Å². The molecule has 1 amide bonds. The van der Waals surface area contributed by atoms with Crippen LogP contribution < -0.4 is 10.2 Å². The molecule has 2 aliphatic heterocycles. The van der Waals surface area contributed by atoms with Gasteiger partial charge >= 0.3 is 13.2 Å². The second kappa shape index (κ2) is 8.32. The van der Waals surface area contributed by atoms with E-state index in [9.17, 15) is 10.1 Å². The molecule has 0 atom stereocenters. The maximum atomic E-state index is 12.2. The van der Waals surface area contributed by atoms with Gasteiger partial charge < -0.3 is 23.7 Å². The lowest BCUT2D eigenvalue weighted by atomic mass is 9.77. The van der Waals surface area contributed by atoms with Crippen LogP contribution in [0.5, 0.6) is 5.88 Å². The smallest absolute Gasteiger partial charge is 0.474 e. The monoisotopic (exact) mass is 429 g/mol. The minimum atomic E-state index is -0.668. The molecule has 0 aromatic carbocycles. The van der Waals surface area contributed by atoms with Gasteiger partial charge in [-0.15, -0.1) is 0 Å². The van der Waals surface area contributed by atoms with Gasteiger partial charge in [0, 0.05) is 43.7 Å². The summed E-state index contributed by atoms with van der Waals surface area (Å²) in [6.45, 7) is 14.6. The number of ether oxygens (including phenoxy) is 2. The SMILES string of the molecule is CC(C)(C)OC(=O)N1CCC(Oc2cc(B3OC(C)(C)C(C)(C)O3)c(C#N)cn2)CC1. The van der Waals surface area contributed by atoms with Crippen LogP contribution >= 0.6 is 0 Å². The van der Waals surface area contributed by atoms with Crippen molar-refractivity contribution in [1.29, 1.82) is 5.26 Å². The maximum Gasteiger partial charge on any atom is 0.496 e. The molecule has 0 N–H and O–H groups in total. The molecule has 9 heteroatoms. The number of piperidine rings is 1.